The Hall–Kier alpha value is -2.42. The molecule has 106 valence electrons. The van der Waals surface area contributed by atoms with E-state index in [-0.39, 0.29) is 11.9 Å². The van der Waals surface area contributed by atoms with E-state index in [2.05, 4.69) is 18.9 Å². The highest BCUT2D eigenvalue weighted by atomic mass is 19.1. The number of benzene rings is 2. The fourth-order valence-corrected chi connectivity index (χ4v) is 2.41. The van der Waals surface area contributed by atoms with Gasteiger partial charge in [-0.3, -0.25) is 4.68 Å². The van der Waals surface area contributed by atoms with Gasteiger partial charge in [0.2, 0.25) is 0 Å². The second-order valence-electron chi connectivity index (χ2n) is 5.30. The van der Waals surface area contributed by atoms with Crippen LogP contribution in [0.1, 0.15) is 19.9 Å². The van der Waals surface area contributed by atoms with Crippen molar-refractivity contribution in [3.05, 3.63) is 66.5 Å². The molecule has 3 aromatic rings. The Morgan fingerprint density at radius 1 is 0.952 bits per heavy atom. The lowest BCUT2D eigenvalue weighted by atomic mass is 10.1. The number of halogens is 1. The molecule has 3 heteroatoms. The average Bonchev–Trinajstić information content (AvgIpc) is 2.94. The molecule has 0 unspecified atom stereocenters. The van der Waals surface area contributed by atoms with Crippen LogP contribution in [0.15, 0.2) is 60.7 Å². The zero-order valence-corrected chi connectivity index (χ0v) is 12.1. The average molecular weight is 280 g/mol. The van der Waals surface area contributed by atoms with Gasteiger partial charge >= 0.3 is 0 Å². The molecule has 2 aromatic carbocycles. The van der Waals surface area contributed by atoms with Gasteiger partial charge in [-0.2, -0.15) is 5.10 Å². The molecule has 1 heterocycles. The van der Waals surface area contributed by atoms with Gasteiger partial charge in [0.25, 0.3) is 0 Å². The highest BCUT2D eigenvalue weighted by molar-refractivity contribution is 5.69. The predicted octanol–water partition coefficient (Wildman–Crippen LogP) is 4.94. The zero-order chi connectivity index (χ0) is 14.8. The first-order chi connectivity index (χ1) is 10.2. The van der Waals surface area contributed by atoms with Crippen molar-refractivity contribution in [3.63, 3.8) is 0 Å². The maximum absolute atomic E-state index is 14.0. The normalized spacial score (nSPS) is 11.0. The van der Waals surface area contributed by atoms with E-state index in [1.807, 2.05) is 47.1 Å². The SMILES string of the molecule is CC(C)n1nc(-c2ccccc2F)cc1-c1ccccc1. The summed E-state index contributed by atoms with van der Waals surface area (Å²) in [4.78, 5) is 0. The van der Waals surface area contributed by atoms with Crippen LogP contribution in [-0.2, 0) is 0 Å². The summed E-state index contributed by atoms with van der Waals surface area (Å²) in [5.74, 6) is -0.245. The standard InChI is InChI=1S/C18H17FN2/c1-13(2)21-18(14-8-4-3-5-9-14)12-17(20-21)15-10-6-7-11-16(15)19/h3-13H,1-2H3. The smallest absolute Gasteiger partial charge is 0.132 e. The van der Waals surface area contributed by atoms with Crippen molar-refractivity contribution in [2.45, 2.75) is 19.9 Å². The summed E-state index contributed by atoms with van der Waals surface area (Å²) >= 11 is 0. The van der Waals surface area contributed by atoms with Crippen LogP contribution < -0.4 is 0 Å². The van der Waals surface area contributed by atoms with Crippen molar-refractivity contribution in [1.29, 1.82) is 0 Å². The lowest BCUT2D eigenvalue weighted by Gasteiger charge is -2.10. The maximum atomic E-state index is 14.0. The van der Waals surface area contributed by atoms with Gasteiger partial charge in [0, 0.05) is 11.6 Å². The van der Waals surface area contributed by atoms with E-state index in [9.17, 15) is 4.39 Å². The minimum Gasteiger partial charge on any atom is -0.262 e. The summed E-state index contributed by atoms with van der Waals surface area (Å²) < 4.78 is 15.9. The fraction of sp³-hybridized carbons (Fsp3) is 0.167. The van der Waals surface area contributed by atoms with Gasteiger partial charge < -0.3 is 0 Å². The number of hydrogen-bond donors (Lipinski definition) is 0. The van der Waals surface area contributed by atoms with Gasteiger partial charge in [-0.05, 0) is 37.6 Å². The molecule has 0 bridgehead atoms. The number of rotatable bonds is 3. The molecular formula is C18H17FN2. The minimum absolute atomic E-state index is 0.209. The molecule has 21 heavy (non-hydrogen) atoms. The van der Waals surface area contributed by atoms with Gasteiger partial charge in [-0.25, -0.2) is 4.39 Å². The molecule has 0 aliphatic carbocycles. The third-order valence-electron chi connectivity index (χ3n) is 3.44. The van der Waals surface area contributed by atoms with Crippen LogP contribution in [0.25, 0.3) is 22.5 Å². The van der Waals surface area contributed by atoms with E-state index in [4.69, 9.17) is 0 Å². The van der Waals surface area contributed by atoms with Crippen LogP contribution >= 0.6 is 0 Å². The lowest BCUT2D eigenvalue weighted by molar-refractivity contribution is 0.539. The Morgan fingerprint density at radius 3 is 2.29 bits per heavy atom. The molecule has 0 radical (unpaired) electrons. The van der Waals surface area contributed by atoms with Crippen LogP contribution in [0.5, 0.6) is 0 Å². The van der Waals surface area contributed by atoms with Crippen molar-refractivity contribution >= 4 is 0 Å². The Balaban J connectivity index is 2.16. The number of nitrogens with zero attached hydrogens (tertiary/aromatic N) is 2. The Kier molecular flexibility index (Phi) is 3.57. The number of hydrogen-bond acceptors (Lipinski definition) is 1. The van der Waals surface area contributed by atoms with E-state index in [1.165, 1.54) is 6.07 Å². The topological polar surface area (TPSA) is 17.8 Å². The summed E-state index contributed by atoms with van der Waals surface area (Å²) in [5.41, 5.74) is 3.29. The van der Waals surface area contributed by atoms with Crippen molar-refractivity contribution in [3.8, 4) is 22.5 Å². The summed E-state index contributed by atoms with van der Waals surface area (Å²) in [6.45, 7) is 4.15. The first-order valence-electron chi connectivity index (χ1n) is 7.06. The Bertz CT molecular complexity index is 745. The van der Waals surface area contributed by atoms with Gasteiger partial charge in [-0.15, -0.1) is 0 Å². The molecular weight excluding hydrogens is 263 g/mol. The maximum Gasteiger partial charge on any atom is 0.132 e. The minimum atomic E-state index is -0.245. The van der Waals surface area contributed by atoms with E-state index < -0.39 is 0 Å². The molecule has 3 rings (SSSR count). The summed E-state index contributed by atoms with van der Waals surface area (Å²) in [6, 6.07) is 19.0. The molecule has 0 aliphatic rings. The van der Waals surface area contributed by atoms with Crippen LogP contribution in [0.3, 0.4) is 0 Å². The van der Waals surface area contributed by atoms with Crippen LogP contribution in [0.2, 0.25) is 0 Å². The molecule has 0 N–H and O–H groups in total. The van der Waals surface area contributed by atoms with E-state index in [1.54, 1.807) is 12.1 Å². The fourth-order valence-electron chi connectivity index (χ4n) is 2.41. The van der Waals surface area contributed by atoms with Gasteiger partial charge in [0.15, 0.2) is 0 Å². The Morgan fingerprint density at radius 2 is 1.62 bits per heavy atom. The van der Waals surface area contributed by atoms with Crippen LogP contribution in [0, 0.1) is 5.82 Å². The largest absolute Gasteiger partial charge is 0.262 e. The molecule has 0 fully saturated rings. The van der Waals surface area contributed by atoms with Crippen LogP contribution in [-0.4, -0.2) is 9.78 Å². The molecule has 1 aromatic heterocycles. The summed E-state index contributed by atoms with van der Waals surface area (Å²) in [6.07, 6.45) is 0. The molecule has 0 atom stereocenters. The highest BCUT2D eigenvalue weighted by Crippen LogP contribution is 2.29. The molecule has 0 spiro atoms. The summed E-state index contributed by atoms with van der Waals surface area (Å²) in [7, 11) is 0. The quantitative estimate of drug-likeness (QED) is 0.664. The molecule has 0 aliphatic heterocycles. The Labute approximate surface area is 123 Å². The molecule has 0 saturated heterocycles. The van der Waals surface area contributed by atoms with Crippen molar-refractivity contribution < 1.29 is 4.39 Å². The monoisotopic (exact) mass is 280 g/mol. The summed E-state index contributed by atoms with van der Waals surface area (Å²) in [5, 5.41) is 4.59. The zero-order valence-electron chi connectivity index (χ0n) is 12.1. The number of aromatic nitrogens is 2. The molecule has 0 amide bonds. The van der Waals surface area contributed by atoms with Gasteiger partial charge in [0.1, 0.15) is 5.82 Å². The molecule has 0 saturated carbocycles. The second-order valence-corrected chi connectivity index (χ2v) is 5.30. The highest BCUT2D eigenvalue weighted by Gasteiger charge is 2.15. The van der Waals surface area contributed by atoms with E-state index in [0.29, 0.717) is 11.3 Å². The van der Waals surface area contributed by atoms with Crippen molar-refractivity contribution in [2.24, 2.45) is 0 Å². The van der Waals surface area contributed by atoms with Crippen LogP contribution in [0.4, 0.5) is 4.39 Å². The lowest BCUT2D eigenvalue weighted by Crippen LogP contribution is -2.04. The van der Waals surface area contributed by atoms with Crippen molar-refractivity contribution in [2.75, 3.05) is 0 Å². The van der Waals surface area contributed by atoms with Gasteiger partial charge in [-0.1, -0.05) is 42.5 Å². The second kappa shape index (κ2) is 5.52. The van der Waals surface area contributed by atoms with Gasteiger partial charge in [0.05, 0.1) is 11.4 Å². The van der Waals surface area contributed by atoms with Crippen molar-refractivity contribution in [1.82, 2.24) is 9.78 Å². The predicted molar refractivity (Wildman–Crippen MR) is 83.4 cm³/mol. The first-order valence-corrected chi connectivity index (χ1v) is 7.06. The third kappa shape index (κ3) is 2.59. The molecule has 2 nitrogen and oxygen atoms in total. The third-order valence-corrected chi connectivity index (χ3v) is 3.44. The first kappa shape index (κ1) is 13.6. The van der Waals surface area contributed by atoms with E-state index in [0.717, 1.165) is 11.3 Å². The van der Waals surface area contributed by atoms with E-state index >= 15 is 0 Å².